The first-order valence-corrected chi connectivity index (χ1v) is 10.5. The summed E-state index contributed by atoms with van der Waals surface area (Å²) in [5.74, 6) is 1.36. The number of methoxy groups -OCH3 is 1. The number of carbonyl (C=O) groups is 2. The van der Waals surface area contributed by atoms with E-state index in [1.807, 2.05) is 6.92 Å². The minimum Gasteiger partial charge on any atom is -0.469 e. The fraction of sp³-hybridized carbons (Fsp3) is 0.889. The SMILES string of the molecule is CCCOS(=O)NC1[C@H]2CC[C@H](C2)[C@H]1CC(=O)CCCCC(=O)OC. The molecular weight excluding hydrogens is 342 g/mol. The molecule has 2 bridgehead atoms. The van der Waals surface area contributed by atoms with Crippen LogP contribution in [0.5, 0.6) is 0 Å². The van der Waals surface area contributed by atoms with Crippen LogP contribution in [0.15, 0.2) is 0 Å². The molecule has 2 aliphatic carbocycles. The molecule has 6 nitrogen and oxygen atoms in total. The van der Waals surface area contributed by atoms with Crippen LogP contribution in [0.4, 0.5) is 0 Å². The Kier molecular flexibility index (Phi) is 8.52. The van der Waals surface area contributed by atoms with Gasteiger partial charge < -0.3 is 4.74 Å². The Bertz CT molecular complexity index is 484. The molecule has 7 heteroatoms. The fourth-order valence-corrected chi connectivity index (χ4v) is 5.23. The molecule has 0 aromatic heterocycles. The van der Waals surface area contributed by atoms with Crippen LogP contribution in [0.2, 0.25) is 0 Å². The van der Waals surface area contributed by atoms with Crippen LogP contribution in [0.1, 0.15) is 64.7 Å². The number of fused-ring (bicyclic) bond motifs is 2. The fourth-order valence-electron chi connectivity index (χ4n) is 4.25. The second kappa shape index (κ2) is 10.4. The van der Waals surface area contributed by atoms with Crippen LogP contribution in [0.3, 0.4) is 0 Å². The second-order valence-electron chi connectivity index (χ2n) is 7.22. The highest BCUT2D eigenvalue weighted by Gasteiger charge is 2.48. The van der Waals surface area contributed by atoms with Crippen LogP contribution < -0.4 is 4.72 Å². The van der Waals surface area contributed by atoms with Gasteiger partial charge in [0.15, 0.2) is 0 Å². The molecule has 0 radical (unpaired) electrons. The summed E-state index contributed by atoms with van der Waals surface area (Å²) in [7, 11) is 1.38. The lowest BCUT2D eigenvalue weighted by Crippen LogP contribution is -2.42. The lowest BCUT2D eigenvalue weighted by molar-refractivity contribution is -0.140. The van der Waals surface area contributed by atoms with Crippen molar-refractivity contribution < 1.29 is 22.7 Å². The highest BCUT2D eigenvalue weighted by atomic mass is 32.2. The van der Waals surface area contributed by atoms with Crippen LogP contribution in [-0.2, 0) is 29.8 Å². The number of carbonyl (C=O) groups excluding carboxylic acids is 2. The highest BCUT2D eigenvalue weighted by Crippen LogP contribution is 2.50. The van der Waals surface area contributed by atoms with Crippen LogP contribution in [0, 0.1) is 17.8 Å². The lowest BCUT2D eigenvalue weighted by atomic mass is 9.81. The zero-order valence-electron chi connectivity index (χ0n) is 15.3. The Morgan fingerprint density at radius 1 is 1.16 bits per heavy atom. The molecule has 0 aliphatic heterocycles. The topological polar surface area (TPSA) is 81.7 Å². The van der Waals surface area contributed by atoms with E-state index in [-0.39, 0.29) is 23.7 Å². The quantitative estimate of drug-likeness (QED) is 0.420. The van der Waals surface area contributed by atoms with Crippen molar-refractivity contribution in [2.24, 2.45) is 17.8 Å². The molecule has 144 valence electrons. The second-order valence-corrected chi connectivity index (χ2v) is 8.16. The van der Waals surface area contributed by atoms with Gasteiger partial charge in [0.25, 0.3) is 0 Å². The number of unbranched alkanes of at least 4 members (excludes halogenated alkanes) is 1. The molecule has 0 aromatic carbocycles. The maximum Gasteiger partial charge on any atom is 0.305 e. The van der Waals surface area contributed by atoms with E-state index >= 15 is 0 Å². The van der Waals surface area contributed by atoms with Gasteiger partial charge in [0.1, 0.15) is 5.78 Å². The first kappa shape index (κ1) is 20.5. The number of rotatable bonds is 12. The molecule has 1 N–H and O–H groups in total. The summed E-state index contributed by atoms with van der Waals surface area (Å²) < 4.78 is 25.0. The van der Waals surface area contributed by atoms with E-state index in [0.29, 0.717) is 44.1 Å². The number of hydrogen-bond donors (Lipinski definition) is 1. The van der Waals surface area contributed by atoms with Gasteiger partial charge in [-0.3, -0.25) is 13.8 Å². The number of ether oxygens (including phenoxy) is 1. The standard InChI is InChI=1S/C18H31NO5S/c1-3-10-24-25(22)19-18-14-9-8-13(11-14)16(18)12-15(20)6-4-5-7-17(21)23-2/h13-14,16,18-19H,3-12H2,1-2H3/t13-,14+,16-,18?,25?/m1/s1. The van der Waals surface area contributed by atoms with Crippen LogP contribution >= 0.6 is 0 Å². The van der Waals surface area contributed by atoms with Gasteiger partial charge in [-0.2, -0.15) is 0 Å². The van der Waals surface area contributed by atoms with Gasteiger partial charge in [0.2, 0.25) is 11.3 Å². The molecule has 0 aromatic rings. The predicted octanol–water partition coefficient (Wildman–Crippen LogP) is 2.69. The Labute approximate surface area is 153 Å². The summed E-state index contributed by atoms with van der Waals surface area (Å²) in [5.41, 5.74) is 0. The average molecular weight is 374 g/mol. The van der Waals surface area contributed by atoms with Crippen LogP contribution in [0.25, 0.3) is 0 Å². The molecule has 0 amide bonds. The summed E-state index contributed by atoms with van der Waals surface area (Å²) in [6.07, 6.45) is 7.11. The summed E-state index contributed by atoms with van der Waals surface area (Å²) in [6, 6.07) is 0.121. The lowest BCUT2D eigenvalue weighted by Gasteiger charge is -2.30. The first-order valence-electron chi connectivity index (χ1n) is 9.44. The molecule has 2 fully saturated rings. The average Bonchev–Trinajstić information content (AvgIpc) is 3.19. The van der Waals surface area contributed by atoms with Crippen LogP contribution in [-0.4, -0.2) is 35.7 Å². The molecule has 5 atom stereocenters. The molecule has 2 unspecified atom stereocenters. The van der Waals surface area contributed by atoms with Crippen molar-refractivity contribution >= 4 is 23.0 Å². The monoisotopic (exact) mass is 373 g/mol. The van der Waals surface area contributed by atoms with Crippen molar-refractivity contribution in [3.63, 3.8) is 0 Å². The third kappa shape index (κ3) is 6.15. The Morgan fingerprint density at radius 3 is 2.60 bits per heavy atom. The van der Waals surface area contributed by atoms with Crippen molar-refractivity contribution in [1.29, 1.82) is 0 Å². The molecule has 2 saturated carbocycles. The molecule has 0 spiro atoms. The minimum absolute atomic E-state index is 0.121. The van der Waals surface area contributed by atoms with Gasteiger partial charge in [0, 0.05) is 25.3 Å². The minimum atomic E-state index is -1.47. The summed E-state index contributed by atoms with van der Waals surface area (Å²) in [4.78, 5) is 23.4. The number of hydrogen-bond acceptors (Lipinski definition) is 5. The van der Waals surface area contributed by atoms with Crippen molar-refractivity contribution in [2.45, 2.75) is 70.8 Å². The molecular formula is C18H31NO5S. The predicted molar refractivity (Wildman–Crippen MR) is 95.7 cm³/mol. The Hall–Kier alpha value is -0.790. The third-order valence-electron chi connectivity index (χ3n) is 5.49. The molecule has 0 saturated heterocycles. The Balaban J connectivity index is 1.77. The smallest absolute Gasteiger partial charge is 0.305 e. The van der Waals surface area contributed by atoms with E-state index in [1.165, 1.54) is 13.5 Å². The van der Waals surface area contributed by atoms with E-state index in [4.69, 9.17) is 4.18 Å². The summed E-state index contributed by atoms with van der Waals surface area (Å²) in [5, 5.41) is 0. The normalized spacial score (nSPS) is 28.9. The first-order chi connectivity index (χ1) is 12.0. The largest absolute Gasteiger partial charge is 0.469 e. The zero-order valence-corrected chi connectivity index (χ0v) is 16.1. The van der Waals surface area contributed by atoms with Gasteiger partial charge in [-0.25, -0.2) is 8.93 Å². The maximum absolute atomic E-state index is 12.3. The zero-order chi connectivity index (χ0) is 18.2. The van der Waals surface area contributed by atoms with Crippen molar-refractivity contribution in [1.82, 2.24) is 4.72 Å². The van der Waals surface area contributed by atoms with Gasteiger partial charge >= 0.3 is 5.97 Å². The van der Waals surface area contributed by atoms with Gasteiger partial charge in [0.05, 0.1) is 13.7 Å². The third-order valence-corrected chi connectivity index (χ3v) is 6.34. The molecule has 2 rings (SSSR count). The van der Waals surface area contributed by atoms with Crippen molar-refractivity contribution in [3.8, 4) is 0 Å². The summed E-state index contributed by atoms with van der Waals surface area (Å²) >= 11 is -1.47. The van der Waals surface area contributed by atoms with Crippen molar-refractivity contribution in [2.75, 3.05) is 13.7 Å². The number of ketones is 1. The number of Topliss-reactive ketones (excluding diaryl/α,β-unsaturated/α-hetero) is 1. The van der Waals surface area contributed by atoms with E-state index in [9.17, 15) is 13.8 Å². The van der Waals surface area contributed by atoms with Gasteiger partial charge in [-0.05, 0) is 56.3 Å². The van der Waals surface area contributed by atoms with Gasteiger partial charge in [-0.15, -0.1) is 0 Å². The van der Waals surface area contributed by atoms with E-state index in [1.54, 1.807) is 0 Å². The summed E-state index contributed by atoms with van der Waals surface area (Å²) in [6.45, 7) is 2.46. The molecule has 2 aliphatic rings. The van der Waals surface area contributed by atoms with E-state index < -0.39 is 11.3 Å². The Morgan fingerprint density at radius 2 is 1.88 bits per heavy atom. The van der Waals surface area contributed by atoms with E-state index in [2.05, 4.69) is 9.46 Å². The van der Waals surface area contributed by atoms with E-state index in [0.717, 1.165) is 25.7 Å². The van der Waals surface area contributed by atoms with Gasteiger partial charge in [-0.1, -0.05) is 6.92 Å². The molecule has 0 heterocycles. The van der Waals surface area contributed by atoms with Crippen molar-refractivity contribution in [3.05, 3.63) is 0 Å². The maximum atomic E-state index is 12.3. The molecule has 25 heavy (non-hydrogen) atoms. The number of esters is 1. The highest BCUT2D eigenvalue weighted by molar-refractivity contribution is 7.78. The number of nitrogens with one attached hydrogen (secondary N) is 1.